The van der Waals surface area contributed by atoms with E-state index in [1.54, 1.807) is 12.4 Å². The Morgan fingerprint density at radius 2 is 1.97 bits per heavy atom. The molecule has 0 bridgehead atoms. The first kappa shape index (κ1) is 26.0. The number of fused-ring (bicyclic) bond motifs is 1. The van der Waals surface area contributed by atoms with Crippen molar-refractivity contribution in [1.29, 1.82) is 0 Å². The van der Waals surface area contributed by atoms with Crippen LogP contribution in [0.15, 0.2) is 36.7 Å². The molecule has 3 aliphatic carbocycles. The summed E-state index contributed by atoms with van der Waals surface area (Å²) in [6.45, 7) is 5.75. The van der Waals surface area contributed by atoms with E-state index < -0.39 is 11.8 Å². The molecule has 7 nitrogen and oxygen atoms in total. The van der Waals surface area contributed by atoms with Crippen molar-refractivity contribution in [2.24, 2.45) is 18.4 Å². The Balaban J connectivity index is 1.25. The van der Waals surface area contributed by atoms with Gasteiger partial charge in [0.2, 0.25) is 0 Å². The van der Waals surface area contributed by atoms with Crippen LogP contribution < -0.4 is 10.6 Å². The van der Waals surface area contributed by atoms with Crippen molar-refractivity contribution in [3.05, 3.63) is 70.6 Å². The predicted molar refractivity (Wildman–Crippen MR) is 145 cm³/mol. The lowest BCUT2D eigenvalue weighted by atomic mass is 9.58. The number of rotatable bonds is 8. The Bertz CT molecular complexity index is 1410. The van der Waals surface area contributed by atoms with E-state index in [9.17, 15) is 13.6 Å². The molecule has 2 aromatic heterocycles. The quantitative estimate of drug-likeness (QED) is 0.399. The standard InChI is InChI=1S/C30H36F2N6O/c1-19-14-29(15-19,27-37-34-18-38(27)3)21-6-4-7-22(13-21)35-26(39)24-12-20(16-33-17-28(2)9-5-10-28)23-8-11-30(31,32)25(23)36-24/h4,6-7,12-13,18-19,33H,5,8-11,14-17H2,1-3H3,(H,35,39). The summed E-state index contributed by atoms with van der Waals surface area (Å²) in [5.41, 5.74) is 2.75. The lowest BCUT2D eigenvalue weighted by Gasteiger charge is -2.46. The number of pyridine rings is 1. The smallest absolute Gasteiger partial charge is 0.290 e. The minimum absolute atomic E-state index is 0.0210. The zero-order chi connectivity index (χ0) is 27.4. The Hall–Kier alpha value is -3.20. The number of nitrogens with zero attached hydrogens (tertiary/aromatic N) is 4. The third-order valence-corrected chi connectivity index (χ3v) is 9.12. The van der Waals surface area contributed by atoms with Crippen molar-refractivity contribution in [3.63, 3.8) is 0 Å². The second-order valence-electron chi connectivity index (χ2n) is 12.4. The molecule has 2 saturated carbocycles. The van der Waals surface area contributed by atoms with Gasteiger partial charge in [-0.3, -0.25) is 4.79 Å². The van der Waals surface area contributed by atoms with Crippen molar-refractivity contribution in [2.75, 3.05) is 11.9 Å². The molecule has 0 aliphatic heterocycles. The van der Waals surface area contributed by atoms with Gasteiger partial charge in [-0.25, -0.2) is 4.98 Å². The number of alkyl halides is 2. The molecule has 0 spiro atoms. The molecule has 1 amide bonds. The fourth-order valence-electron chi connectivity index (χ4n) is 6.82. The van der Waals surface area contributed by atoms with Crippen molar-refractivity contribution in [3.8, 4) is 0 Å². The number of hydrogen-bond donors (Lipinski definition) is 2. The number of anilines is 1. The SMILES string of the molecule is CC1CC(c2cccc(NC(=O)c3cc(CNCC4(C)CCC4)c4c(n3)C(F)(F)CC4)c2)(c2nncn2C)C1. The Morgan fingerprint density at radius 1 is 1.18 bits per heavy atom. The second kappa shape index (κ2) is 9.47. The zero-order valence-corrected chi connectivity index (χ0v) is 22.9. The van der Waals surface area contributed by atoms with Crippen LogP contribution in [0.4, 0.5) is 14.5 Å². The highest BCUT2D eigenvalue weighted by molar-refractivity contribution is 6.03. The number of carbonyl (C=O) groups excluding carboxylic acids is 1. The molecule has 2 heterocycles. The van der Waals surface area contributed by atoms with Gasteiger partial charge in [-0.05, 0) is 78.3 Å². The van der Waals surface area contributed by atoms with Gasteiger partial charge in [0, 0.05) is 32.2 Å². The number of halogens is 2. The molecule has 1 aromatic carbocycles. The number of nitrogens with one attached hydrogen (secondary N) is 2. The minimum Gasteiger partial charge on any atom is -0.321 e. The first-order chi connectivity index (χ1) is 18.6. The molecule has 0 atom stereocenters. The molecule has 206 valence electrons. The summed E-state index contributed by atoms with van der Waals surface area (Å²) in [5, 5.41) is 14.9. The summed E-state index contributed by atoms with van der Waals surface area (Å²) in [6, 6.07) is 9.42. The highest BCUT2D eigenvalue weighted by atomic mass is 19.3. The van der Waals surface area contributed by atoms with E-state index in [0.717, 1.165) is 36.3 Å². The molecule has 0 radical (unpaired) electrons. The van der Waals surface area contributed by atoms with Crippen LogP contribution in [0.3, 0.4) is 0 Å². The average molecular weight is 535 g/mol. The molecule has 3 aromatic rings. The summed E-state index contributed by atoms with van der Waals surface area (Å²) in [5.74, 6) is -2.06. The van der Waals surface area contributed by atoms with Crippen molar-refractivity contribution < 1.29 is 13.6 Å². The topological polar surface area (TPSA) is 84.7 Å². The lowest BCUT2D eigenvalue weighted by molar-refractivity contribution is -0.00602. The maximum atomic E-state index is 14.8. The summed E-state index contributed by atoms with van der Waals surface area (Å²) < 4.78 is 31.5. The Labute approximate surface area is 227 Å². The molecule has 39 heavy (non-hydrogen) atoms. The summed E-state index contributed by atoms with van der Waals surface area (Å²) in [4.78, 5) is 17.6. The van der Waals surface area contributed by atoms with Gasteiger partial charge >= 0.3 is 0 Å². The molecule has 9 heteroatoms. The summed E-state index contributed by atoms with van der Waals surface area (Å²) in [6.07, 6.45) is 7.18. The van der Waals surface area contributed by atoms with E-state index >= 15 is 0 Å². The zero-order valence-electron chi connectivity index (χ0n) is 22.9. The molecule has 2 fully saturated rings. The second-order valence-corrected chi connectivity index (χ2v) is 12.4. The van der Waals surface area contributed by atoms with Crippen LogP contribution in [0.2, 0.25) is 0 Å². The van der Waals surface area contributed by atoms with Crippen LogP contribution >= 0.6 is 0 Å². The van der Waals surface area contributed by atoms with E-state index in [1.165, 1.54) is 19.3 Å². The van der Waals surface area contributed by atoms with Crippen LogP contribution in [0.25, 0.3) is 0 Å². The normalized spacial score (nSPS) is 24.5. The first-order valence-corrected chi connectivity index (χ1v) is 14.0. The van der Waals surface area contributed by atoms with Crippen molar-refractivity contribution in [1.82, 2.24) is 25.1 Å². The largest absolute Gasteiger partial charge is 0.321 e. The Morgan fingerprint density at radius 3 is 2.64 bits per heavy atom. The molecule has 0 saturated heterocycles. The maximum Gasteiger partial charge on any atom is 0.290 e. The van der Waals surface area contributed by atoms with E-state index in [1.807, 2.05) is 29.8 Å². The molecule has 3 aliphatic rings. The van der Waals surface area contributed by atoms with E-state index in [2.05, 4.69) is 45.7 Å². The Kier molecular flexibility index (Phi) is 6.32. The van der Waals surface area contributed by atoms with Crippen molar-refractivity contribution in [2.45, 2.75) is 76.7 Å². The van der Waals surface area contributed by atoms with E-state index in [4.69, 9.17) is 0 Å². The number of aromatic nitrogens is 4. The predicted octanol–water partition coefficient (Wildman–Crippen LogP) is 5.50. The molecular formula is C30H36F2N6O. The monoisotopic (exact) mass is 534 g/mol. The van der Waals surface area contributed by atoms with Crippen LogP contribution in [-0.2, 0) is 31.4 Å². The number of amides is 1. The maximum absolute atomic E-state index is 14.8. The number of aryl methyl sites for hydroxylation is 1. The van der Waals surface area contributed by atoms with Gasteiger partial charge in [-0.2, -0.15) is 8.78 Å². The van der Waals surface area contributed by atoms with Crippen LogP contribution in [-0.4, -0.2) is 32.2 Å². The van der Waals surface area contributed by atoms with Crippen LogP contribution in [0.1, 0.15) is 91.1 Å². The fourth-order valence-corrected chi connectivity index (χ4v) is 6.82. The van der Waals surface area contributed by atoms with E-state index in [-0.39, 0.29) is 35.1 Å². The number of hydrogen-bond acceptors (Lipinski definition) is 5. The number of carbonyl (C=O) groups is 1. The molecule has 0 unspecified atom stereocenters. The van der Waals surface area contributed by atoms with Gasteiger partial charge in [0.1, 0.15) is 23.5 Å². The van der Waals surface area contributed by atoms with Gasteiger partial charge < -0.3 is 15.2 Å². The highest BCUT2D eigenvalue weighted by Gasteiger charge is 2.48. The van der Waals surface area contributed by atoms with Gasteiger partial charge in [0.15, 0.2) is 0 Å². The van der Waals surface area contributed by atoms with Crippen LogP contribution in [0, 0.1) is 11.3 Å². The average Bonchev–Trinajstić information content (AvgIpc) is 3.43. The third-order valence-electron chi connectivity index (χ3n) is 9.12. The van der Waals surface area contributed by atoms with Gasteiger partial charge in [-0.1, -0.05) is 32.4 Å². The lowest BCUT2D eigenvalue weighted by Crippen LogP contribution is -2.43. The molecule has 6 rings (SSSR count). The summed E-state index contributed by atoms with van der Waals surface area (Å²) in [7, 11) is 1.94. The summed E-state index contributed by atoms with van der Waals surface area (Å²) >= 11 is 0. The van der Waals surface area contributed by atoms with E-state index in [0.29, 0.717) is 23.7 Å². The minimum atomic E-state index is -3.02. The third kappa shape index (κ3) is 4.64. The molecule has 2 N–H and O–H groups in total. The first-order valence-electron chi connectivity index (χ1n) is 14.0. The van der Waals surface area contributed by atoms with Crippen molar-refractivity contribution >= 4 is 11.6 Å². The number of benzene rings is 1. The highest BCUT2D eigenvalue weighted by Crippen LogP contribution is 2.51. The fraction of sp³-hybridized carbons (Fsp3) is 0.533. The van der Waals surface area contributed by atoms with Gasteiger partial charge in [0.05, 0.1) is 5.41 Å². The van der Waals surface area contributed by atoms with Crippen LogP contribution in [0.5, 0.6) is 0 Å². The van der Waals surface area contributed by atoms with Gasteiger partial charge in [-0.15, -0.1) is 10.2 Å². The molecular weight excluding hydrogens is 498 g/mol. The van der Waals surface area contributed by atoms with Gasteiger partial charge in [0.25, 0.3) is 11.8 Å².